The first-order chi connectivity index (χ1) is 14.6. The molecule has 3 aromatic rings. The van der Waals surface area contributed by atoms with Crippen LogP contribution in [0.5, 0.6) is 5.75 Å². The normalized spacial score (nSPS) is 21.0. The van der Waals surface area contributed by atoms with Crippen LogP contribution in [0.4, 0.5) is 0 Å². The minimum absolute atomic E-state index is 0.0196. The van der Waals surface area contributed by atoms with Crippen molar-refractivity contribution in [1.29, 1.82) is 0 Å². The third-order valence-electron chi connectivity index (χ3n) is 6.46. The molecule has 2 aliphatic rings. The van der Waals surface area contributed by atoms with E-state index in [0.717, 1.165) is 33.5 Å². The van der Waals surface area contributed by atoms with Crippen molar-refractivity contribution >= 4 is 22.7 Å². The maximum atomic E-state index is 13.3. The van der Waals surface area contributed by atoms with Gasteiger partial charge < -0.3 is 19.5 Å². The Morgan fingerprint density at radius 1 is 1.10 bits per heavy atom. The van der Waals surface area contributed by atoms with Gasteiger partial charge in [0.2, 0.25) is 11.8 Å². The number of hydrogen-bond acceptors (Lipinski definition) is 3. The monoisotopic (exact) mass is 403 g/mol. The van der Waals surface area contributed by atoms with Crippen LogP contribution in [0.1, 0.15) is 29.8 Å². The molecule has 0 bridgehead atoms. The summed E-state index contributed by atoms with van der Waals surface area (Å²) in [7, 11) is 1.64. The summed E-state index contributed by atoms with van der Waals surface area (Å²) in [5, 5.41) is 1.15. The highest BCUT2D eigenvalue weighted by Crippen LogP contribution is 2.38. The van der Waals surface area contributed by atoms with Crippen molar-refractivity contribution < 1.29 is 14.3 Å². The Balaban J connectivity index is 1.38. The molecule has 1 saturated heterocycles. The predicted molar refractivity (Wildman–Crippen MR) is 114 cm³/mol. The molecule has 0 spiro atoms. The van der Waals surface area contributed by atoms with Gasteiger partial charge in [-0.05, 0) is 42.7 Å². The standard InChI is InChI=1S/C24H25N3O3/c1-15-23-19(18-5-3-4-6-20(18)25-23)13-21-24(29)26(14-22(28)27(15)21)12-11-16-7-9-17(30-2)10-8-16/h3-10,15,21,25H,11-14H2,1-2H3/t15-,21-/m0/s1. The van der Waals surface area contributed by atoms with E-state index in [-0.39, 0.29) is 24.4 Å². The lowest BCUT2D eigenvalue weighted by Gasteiger charge is -2.46. The van der Waals surface area contributed by atoms with Crippen LogP contribution >= 0.6 is 0 Å². The third-order valence-corrected chi connectivity index (χ3v) is 6.46. The van der Waals surface area contributed by atoms with E-state index in [2.05, 4.69) is 11.1 Å². The topological polar surface area (TPSA) is 65.6 Å². The van der Waals surface area contributed by atoms with E-state index in [1.54, 1.807) is 16.9 Å². The molecular formula is C24H25N3O3. The SMILES string of the molecule is COc1ccc(CCN2CC(=O)N3[C@@H](Cc4c([nH]c5ccccc45)[C@@H]3C)C2=O)cc1. The largest absolute Gasteiger partial charge is 0.497 e. The molecule has 6 nitrogen and oxygen atoms in total. The number of ether oxygens (including phenoxy) is 1. The van der Waals surface area contributed by atoms with Gasteiger partial charge in [0.15, 0.2) is 0 Å². The van der Waals surface area contributed by atoms with Crippen molar-refractivity contribution in [2.24, 2.45) is 0 Å². The second kappa shape index (κ2) is 7.20. The molecule has 2 aromatic carbocycles. The molecule has 154 valence electrons. The number of nitrogens with one attached hydrogen (secondary N) is 1. The van der Waals surface area contributed by atoms with Gasteiger partial charge in [-0.15, -0.1) is 0 Å². The predicted octanol–water partition coefficient (Wildman–Crippen LogP) is 3.08. The Kier molecular flexibility index (Phi) is 4.50. The van der Waals surface area contributed by atoms with Gasteiger partial charge in [-0.3, -0.25) is 9.59 Å². The number of nitrogens with zero attached hydrogens (tertiary/aromatic N) is 2. The lowest BCUT2D eigenvalue weighted by Crippen LogP contribution is -2.62. The summed E-state index contributed by atoms with van der Waals surface area (Å²) in [6.45, 7) is 2.69. The molecule has 0 saturated carbocycles. The van der Waals surface area contributed by atoms with Gasteiger partial charge in [0.25, 0.3) is 0 Å². The Labute approximate surface area is 175 Å². The van der Waals surface area contributed by atoms with Crippen LogP contribution in [-0.4, -0.2) is 52.8 Å². The number of hydrogen-bond donors (Lipinski definition) is 1. The summed E-state index contributed by atoms with van der Waals surface area (Å²) in [6, 6.07) is 15.4. The van der Waals surface area contributed by atoms with Gasteiger partial charge in [0, 0.05) is 29.6 Å². The lowest BCUT2D eigenvalue weighted by molar-refractivity contribution is -0.159. The van der Waals surface area contributed by atoms with Gasteiger partial charge >= 0.3 is 0 Å². The summed E-state index contributed by atoms with van der Waals surface area (Å²) in [4.78, 5) is 33.3. The van der Waals surface area contributed by atoms with Crippen molar-refractivity contribution in [3.05, 3.63) is 65.4 Å². The van der Waals surface area contributed by atoms with Gasteiger partial charge in [0.05, 0.1) is 19.7 Å². The fourth-order valence-electron chi connectivity index (χ4n) is 4.87. The van der Waals surface area contributed by atoms with E-state index in [1.165, 1.54) is 0 Å². The van der Waals surface area contributed by atoms with Crippen molar-refractivity contribution in [2.75, 3.05) is 20.2 Å². The summed E-state index contributed by atoms with van der Waals surface area (Å²) in [5.41, 5.74) is 4.40. The van der Waals surface area contributed by atoms with Crippen LogP contribution in [0.2, 0.25) is 0 Å². The number of carbonyl (C=O) groups excluding carboxylic acids is 2. The number of aromatic nitrogens is 1. The third kappa shape index (κ3) is 2.95. The second-order valence-corrected chi connectivity index (χ2v) is 8.12. The molecule has 0 radical (unpaired) electrons. The van der Waals surface area contributed by atoms with Gasteiger partial charge in [0.1, 0.15) is 11.8 Å². The van der Waals surface area contributed by atoms with Crippen LogP contribution in [-0.2, 0) is 22.4 Å². The number of methoxy groups -OCH3 is 1. The van der Waals surface area contributed by atoms with Gasteiger partial charge in [-0.1, -0.05) is 30.3 Å². The first-order valence-electron chi connectivity index (χ1n) is 10.4. The first-order valence-corrected chi connectivity index (χ1v) is 10.4. The molecule has 0 aliphatic carbocycles. The molecular weight excluding hydrogens is 378 g/mol. The van der Waals surface area contributed by atoms with Crippen molar-refractivity contribution in [3.63, 3.8) is 0 Å². The van der Waals surface area contributed by atoms with Crippen LogP contribution in [0.3, 0.4) is 0 Å². The average Bonchev–Trinajstić information content (AvgIpc) is 3.15. The van der Waals surface area contributed by atoms with Crippen LogP contribution in [0, 0.1) is 0 Å². The number of piperazine rings is 1. The Bertz CT molecular complexity index is 1120. The number of rotatable bonds is 4. The number of H-pyrrole nitrogens is 1. The smallest absolute Gasteiger partial charge is 0.246 e. The molecule has 3 heterocycles. The minimum Gasteiger partial charge on any atom is -0.497 e. The van der Waals surface area contributed by atoms with E-state index in [1.807, 2.05) is 49.4 Å². The summed E-state index contributed by atoms with van der Waals surface area (Å²) < 4.78 is 5.20. The van der Waals surface area contributed by atoms with Gasteiger partial charge in [-0.2, -0.15) is 0 Å². The lowest BCUT2D eigenvalue weighted by atomic mass is 9.90. The highest BCUT2D eigenvalue weighted by molar-refractivity contribution is 5.97. The minimum atomic E-state index is -0.427. The Morgan fingerprint density at radius 3 is 2.63 bits per heavy atom. The van der Waals surface area contributed by atoms with E-state index in [4.69, 9.17) is 4.74 Å². The average molecular weight is 403 g/mol. The molecule has 0 unspecified atom stereocenters. The van der Waals surface area contributed by atoms with Crippen molar-refractivity contribution in [3.8, 4) is 5.75 Å². The molecule has 2 atom stereocenters. The Morgan fingerprint density at radius 2 is 1.87 bits per heavy atom. The van der Waals surface area contributed by atoms with E-state index in [0.29, 0.717) is 19.4 Å². The Hall–Kier alpha value is -3.28. The number of benzene rings is 2. The molecule has 6 heteroatoms. The van der Waals surface area contributed by atoms with Crippen LogP contribution < -0.4 is 4.74 Å². The zero-order valence-corrected chi connectivity index (χ0v) is 17.2. The quantitative estimate of drug-likeness (QED) is 0.728. The maximum Gasteiger partial charge on any atom is 0.246 e. The zero-order valence-electron chi connectivity index (χ0n) is 17.2. The summed E-state index contributed by atoms with van der Waals surface area (Å²) in [5.74, 6) is 0.876. The van der Waals surface area contributed by atoms with Gasteiger partial charge in [-0.25, -0.2) is 0 Å². The number of amides is 2. The van der Waals surface area contributed by atoms with Crippen LogP contribution in [0.25, 0.3) is 10.9 Å². The molecule has 1 N–H and O–H groups in total. The van der Waals surface area contributed by atoms with E-state index >= 15 is 0 Å². The highest BCUT2D eigenvalue weighted by atomic mass is 16.5. The summed E-state index contributed by atoms with van der Waals surface area (Å²) in [6.07, 6.45) is 1.27. The zero-order chi connectivity index (χ0) is 20.8. The molecule has 2 aliphatic heterocycles. The van der Waals surface area contributed by atoms with E-state index < -0.39 is 6.04 Å². The number of para-hydroxylation sites is 1. The molecule has 5 rings (SSSR count). The fourth-order valence-corrected chi connectivity index (χ4v) is 4.87. The first kappa shape index (κ1) is 18.7. The highest BCUT2D eigenvalue weighted by Gasteiger charge is 2.45. The van der Waals surface area contributed by atoms with E-state index in [9.17, 15) is 9.59 Å². The molecule has 1 aromatic heterocycles. The summed E-state index contributed by atoms with van der Waals surface area (Å²) >= 11 is 0. The molecule has 1 fully saturated rings. The molecule has 30 heavy (non-hydrogen) atoms. The molecule has 2 amide bonds. The van der Waals surface area contributed by atoms with Crippen molar-refractivity contribution in [1.82, 2.24) is 14.8 Å². The number of carbonyl (C=O) groups is 2. The number of fused-ring (bicyclic) bond motifs is 4. The number of aromatic amines is 1. The fraction of sp³-hybridized carbons (Fsp3) is 0.333. The van der Waals surface area contributed by atoms with Crippen LogP contribution in [0.15, 0.2) is 48.5 Å². The second-order valence-electron chi connectivity index (χ2n) is 8.12. The van der Waals surface area contributed by atoms with Crippen molar-refractivity contribution in [2.45, 2.75) is 31.8 Å². The maximum absolute atomic E-state index is 13.3.